The van der Waals surface area contributed by atoms with Crippen LogP contribution in [0.5, 0.6) is 0 Å². The molecule has 0 aromatic heterocycles. The van der Waals surface area contributed by atoms with Crippen LogP contribution < -0.4 is 0 Å². The summed E-state index contributed by atoms with van der Waals surface area (Å²) in [6.45, 7) is 0. The fraction of sp³-hybridized carbons (Fsp3) is 0.300. The number of carbonyl (C=O) groups is 1. The molecular weight excluding hydrogens is 168 g/mol. The zero-order chi connectivity index (χ0) is 9.26. The number of benzene rings is 1. The first-order valence-corrected chi connectivity index (χ1v) is 4.20. The van der Waals surface area contributed by atoms with E-state index in [4.69, 9.17) is 9.84 Å². The van der Waals surface area contributed by atoms with E-state index in [1.807, 2.05) is 30.3 Å². The first-order chi connectivity index (χ1) is 6.27. The highest BCUT2D eigenvalue weighted by molar-refractivity contribution is 5.73. The first kappa shape index (κ1) is 8.26. The van der Waals surface area contributed by atoms with E-state index in [0.29, 0.717) is 6.42 Å². The third-order valence-electron chi connectivity index (χ3n) is 2.20. The monoisotopic (exact) mass is 178 g/mol. The molecule has 0 radical (unpaired) electrons. The molecule has 1 aromatic rings. The van der Waals surface area contributed by atoms with Crippen LogP contribution in [0, 0.1) is 0 Å². The Kier molecular flexibility index (Phi) is 2.02. The van der Waals surface area contributed by atoms with Gasteiger partial charge >= 0.3 is 5.97 Å². The van der Waals surface area contributed by atoms with E-state index in [9.17, 15) is 4.79 Å². The molecule has 1 N–H and O–H groups in total. The van der Waals surface area contributed by atoms with Gasteiger partial charge < -0.3 is 9.84 Å². The molecule has 0 amide bonds. The molecule has 2 rings (SSSR count). The van der Waals surface area contributed by atoms with Gasteiger partial charge in [-0.1, -0.05) is 30.3 Å². The van der Waals surface area contributed by atoms with Crippen LogP contribution in [0.25, 0.3) is 0 Å². The first-order valence-electron chi connectivity index (χ1n) is 4.20. The van der Waals surface area contributed by atoms with Gasteiger partial charge in [0.15, 0.2) is 6.10 Å². The van der Waals surface area contributed by atoms with E-state index in [0.717, 1.165) is 5.56 Å². The van der Waals surface area contributed by atoms with Crippen LogP contribution in [-0.2, 0) is 9.53 Å². The summed E-state index contributed by atoms with van der Waals surface area (Å²) in [5, 5.41) is 8.57. The molecule has 68 valence electrons. The molecule has 0 saturated carbocycles. The van der Waals surface area contributed by atoms with Gasteiger partial charge in [0, 0.05) is 6.42 Å². The van der Waals surface area contributed by atoms with Gasteiger partial charge in [-0.15, -0.1) is 0 Å². The van der Waals surface area contributed by atoms with Crippen LogP contribution in [0.3, 0.4) is 0 Å². The van der Waals surface area contributed by atoms with Crippen molar-refractivity contribution in [3.63, 3.8) is 0 Å². The average Bonchev–Trinajstić information content (AvgIpc) is 2.02. The normalized spacial score (nSPS) is 26.5. The van der Waals surface area contributed by atoms with E-state index in [1.165, 1.54) is 0 Å². The highest BCUT2D eigenvalue weighted by atomic mass is 16.5. The Morgan fingerprint density at radius 2 is 2.00 bits per heavy atom. The Morgan fingerprint density at radius 1 is 1.38 bits per heavy atom. The number of rotatable bonds is 2. The molecule has 0 bridgehead atoms. The van der Waals surface area contributed by atoms with Gasteiger partial charge in [-0.25, -0.2) is 4.79 Å². The van der Waals surface area contributed by atoms with Crippen molar-refractivity contribution in [2.24, 2.45) is 0 Å². The number of carboxylic acids is 1. The van der Waals surface area contributed by atoms with Crippen molar-refractivity contribution in [2.45, 2.75) is 18.6 Å². The molecule has 1 heterocycles. The number of hydrogen-bond donors (Lipinski definition) is 1. The minimum Gasteiger partial charge on any atom is -0.479 e. The van der Waals surface area contributed by atoms with Crippen molar-refractivity contribution in [3.8, 4) is 0 Å². The zero-order valence-electron chi connectivity index (χ0n) is 7.01. The maximum Gasteiger partial charge on any atom is 0.332 e. The van der Waals surface area contributed by atoms with Crippen LogP contribution in [-0.4, -0.2) is 17.2 Å². The maximum atomic E-state index is 10.4. The highest BCUT2D eigenvalue weighted by Gasteiger charge is 2.36. The van der Waals surface area contributed by atoms with Gasteiger partial charge in [-0.3, -0.25) is 0 Å². The predicted octanol–water partition coefficient (Wildman–Crippen LogP) is 1.60. The maximum absolute atomic E-state index is 10.4. The second kappa shape index (κ2) is 3.18. The van der Waals surface area contributed by atoms with Gasteiger partial charge in [0.1, 0.15) is 0 Å². The van der Waals surface area contributed by atoms with Crippen molar-refractivity contribution in [1.82, 2.24) is 0 Å². The van der Waals surface area contributed by atoms with Crippen molar-refractivity contribution >= 4 is 5.97 Å². The van der Waals surface area contributed by atoms with Crippen molar-refractivity contribution < 1.29 is 14.6 Å². The van der Waals surface area contributed by atoms with E-state index in [1.54, 1.807) is 0 Å². The van der Waals surface area contributed by atoms with Crippen LogP contribution in [0.2, 0.25) is 0 Å². The smallest absolute Gasteiger partial charge is 0.332 e. The SMILES string of the molecule is O=C(O)C1CC(c2ccccc2)O1. The summed E-state index contributed by atoms with van der Waals surface area (Å²) >= 11 is 0. The second-order valence-electron chi connectivity index (χ2n) is 3.10. The summed E-state index contributed by atoms with van der Waals surface area (Å²) in [5.74, 6) is -0.868. The van der Waals surface area contributed by atoms with Crippen molar-refractivity contribution in [1.29, 1.82) is 0 Å². The van der Waals surface area contributed by atoms with Gasteiger partial charge in [-0.2, -0.15) is 0 Å². The molecule has 1 aliphatic heterocycles. The standard InChI is InChI=1S/C10H10O3/c11-10(12)9-6-8(13-9)7-4-2-1-3-5-7/h1-5,8-9H,6H2,(H,11,12). The number of ether oxygens (including phenoxy) is 1. The van der Waals surface area contributed by atoms with E-state index >= 15 is 0 Å². The second-order valence-corrected chi connectivity index (χ2v) is 3.10. The van der Waals surface area contributed by atoms with Gasteiger partial charge in [-0.05, 0) is 5.56 Å². The van der Waals surface area contributed by atoms with Crippen LogP contribution in [0.15, 0.2) is 30.3 Å². The summed E-state index contributed by atoms with van der Waals surface area (Å²) in [6.07, 6.45) is -0.0493. The number of hydrogen-bond acceptors (Lipinski definition) is 2. The summed E-state index contributed by atoms with van der Waals surface area (Å²) in [4.78, 5) is 10.4. The average molecular weight is 178 g/mol. The summed E-state index contributed by atoms with van der Waals surface area (Å²) in [6, 6.07) is 9.67. The number of carboxylic acid groups (broad SMARTS) is 1. The van der Waals surface area contributed by atoms with Crippen molar-refractivity contribution in [2.75, 3.05) is 0 Å². The van der Waals surface area contributed by atoms with E-state index in [2.05, 4.69) is 0 Å². The third kappa shape index (κ3) is 1.55. The quantitative estimate of drug-likeness (QED) is 0.748. The fourth-order valence-corrected chi connectivity index (χ4v) is 1.42. The topological polar surface area (TPSA) is 46.5 Å². The lowest BCUT2D eigenvalue weighted by Crippen LogP contribution is -2.37. The molecule has 1 aliphatic rings. The number of aliphatic carboxylic acids is 1. The van der Waals surface area contributed by atoms with Crippen LogP contribution in [0.1, 0.15) is 18.1 Å². The fourth-order valence-electron chi connectivity index (χ4n) is 1.42. The van der Waals surface area contributed by atoms with Crippen molar-refractivity contribution in [3.05, 3.63) is 35.9 Å². The zero-order valence-corrected chi connectivity index (χ0v) is 7.01. The Labute approximate surface area is 76.0 Å². The molecule has 13 heavy (non-hydrogen) atoms. The molecule has 1 fully saturated rings. The largest absolute Gasteiger partial charge is 0.479 e. The van der Waals surface area contributed by atoms with E-state index in [-0.39, 0.29) is 6.10 Å². The van der Waals surface area contributed by atoms with Gasteiger partial charge in [0.2, 0.25) is 0 Å². The minimum absolute atomic E-state index is 0.0256. The summed E-state index contributed by atoms with van der Waals surface area (Å²) < 4.78 is 5.19. The molecule has 0 aliphatic carbocycles. The lowest BCUT2D eigenvalue weighted by molar-refractivity contribution is -0.180. The highest BCUT2D eigenvalue weighted by Crippen LogP contribution is 2.34. The summed E-state index contributed by atoms with van der Waals surface area (Å²) in [7, 11) is 0. The third-order valence-corrected chi connectivity index (χ3v) is 2.20. The molecule has 1 aromatic carbocycles. The lowest BCUT2D eigenvalue weighted by atomic mass is 9.98. The molecule has 3 heteroatoms. The van der Waals surface area contributed by atoms with E-state index < -0.39 is 12.1 Å². The Hall–Kier alpha value is -1.35. The van der Waals surface area contributed by atoms with Crippen LogP contribution in [0.4, 0.5) is 0 Å². The van der Waals surface area contributed by atoms with Crippen LogP contribution >= 0.6 is 0 Å². The molecule has 3 nitrogen and oxygen atoms in total. The molecule has 2 atom stereocenters. The Balaban J connectivity index is 1.98. The summed E-state index contributed by atoms with van der Waals surface area (Å²) in [5.41, 5.74) is 1.06. The Morgan fingerprint density at radius 3 is 2.54 bits per heavy atom. The molecular formula is C10H10O3. The lowest BCUT2D eigenvalue weighted by Gasteiger charge is -2.33. The minimum atomic E-state index is -0.868. The molecule has 0 spiro atoms. The molecule has 2 unspecified atom stereocenters. The van der Waals surface area contributed by atoms with Gasteiger partial charge in [0.05, 0.1) is 6.10 Å². The molecule has 1 saturated heterocycles. The predicted molar refractivity (Wildman–Crippen MR) is 46.3 cm³/mol. The van der Waals surface area contributed by atoms with Gasteiger partial charge in [0.25, 0.3) is 0 Å². The Bertz CT molecular complexity index is 301.